The fraction of sp³-hybridized carbons (Fsp3) is 0.294. The van der Waals surface area contributed by atoms with Crippen LogP contribution in [0.5, 0.6) is 11.5 Å². The van der Waals surface area contributed by atoms with Gasteiger partial charge in [-0.3, -0.25) is 4.79 Å². The van der Waals surface area contributed by atoms with E-state index >= 15 is 0 Å². The maximum absolute atomic E-state index is 12.5. The fourth-order valence-electron chi connectivity index (χ4n) is 2.10. The first-order valence-corrected chi connectivity index (χ1v) is 7.41. The molecule has 2 N–H and O–H groups in total. The molecule has 0 aliphatic rings. The second-order valence-corrected chi connectivity index (χ2v) is 4.85. The maximum atomic E-state index is 12.5. The third kappa shape index (κ3) is 4.12. The summed E-state index contributed by atoms with van der Waals surface area (Å²) in [6, 6.07) is 8.81. The topological polar surface area (TPSA) is 72.5 Å². The first-order chi connectivity index (χ1) is 11.2. The lowest BCUT2D eigenvalue weighted by atomic mass is 10.1. The van der Waals surface area contributed by atoms with Crippen molar-refractivity contribution in [2.75, 3.05) is 31.4 Å². The van der Waals surface area contributed by atoms with Crippen LogP contribution in [0.1, 0.15) is 23.7 Å². The second kappa shape index (κ2) is 8.03. The Morgan fingerprint density at radius 1 is 1.13 bits per heavy atom. The molecule has 1 amide bonds. The summed E-state index contributed by atoms with van der Waals surface area (Å²) in [5, 5.41) is 5.98. The normalized spacial score (nSPS) is 10.0. The summed E-state index contributed by atoms with van der Waals surface area (Å²) in [5.41, 5.74) is 1.26. The second-order valence-electron chi connectivity index (χ2n) is 4.85. The number of methoxy groups -OCH3 is 2. The van der Waals surface area contributed by atoms with Crippen LogP contribution >= 0.6 is 0 Å². The number of amides is 1. The summed E-state index contributed by atoms with van der Waals surface area (Å²) < 4.78 is 10.5. The highest BCUT2D eigenvalue weighted by Gasteiger charge is 2.18. The summed E-state index contributed by atoms with van der Waals surface area (Å²) >= 11 is 0. The molecule has 0 saturated carbocycles. The number of pyridine rings is 1. The Bertz CT molecular complexity index is 634. The van der Waals surface area contributed by atoms with Gasteiger partial charge in [0.05, 0.1) is 26.1 Å². The lowest BCUT2D eigenvalue weighted by Gasteiger charge is -2.13. The van der Waals surface area contributed by atoms with Gasteiger partial charge in [0.2, 0.25) is 0 Å². The highest BCUT2D eigenvalue weighted by Crippen LogP contribution is 2.28. The molecule has 0 atom stereocenters. The molecule has 0 saturated heterocycles. The van der Waals surface area contributed by atoms with Crippen LogP contribution in [0.4, 0.5) is 11.5 Å². The average molecular weight is 315 g/mol. The first-order valence-electron chi connectivity index (χ1n) is 7.41. The number of benzene rings is 1. The molecule has 0 aliphatic heterocycles. The van der Waals surface area contributed by atoms with Crippen molar-refractivity contribution in [2.24, 2.45) is 0 Å². The number of hydrogen-bond donors (Lipinski definition) is 2. The molecule has 6 nitrogen and oxygen atoms in total. The Balaban J connectivity index is 2.16. The third-order valence-electron chi connectivity index (χ3n) is 3.24. The molecular formula is C17H21N3O3. The maximum Gasteiger partial charge on any atom is 0.264 e. The number of nitrogens with zero attached hydrogens (tertiary/aromatic N) is 1. The minimum absolute atomic E-state index is 0.332. The van der Waals surface area contributed by atoms with Crippen LogP contribution < -0.4 is 20.1 Å². The van der Waals surface area contributed by atoms with Gasteiger partial charge < -0.3 is 20.1 Å². The zero-order valence-corrected chi connectivity index (χ0v) is 13.6. The van der Waals surface area contributed by atoms with Crippen LogP contribution in [0.2, 0.25) is 0 Å². The number of carbonyl (C=O) groups excluding carboxylic acids is 1. The molecular weight excluding hydrogens is 294 g/mol. The SMILES string of the molecule is CCCNc1ccc(NC(=O)c2c(OC)cccc2OC)nc1. The molecule has 0 bridgehead atoms. The number of carbonyl (C=O) groups is 1. The minimum atomic E-state index is -0.332. The van der Waals surface area contributed by atoms with E-state index in [0.29, 0.717) is 22.9 Å². The lowest BCUT2D eigenvalue weighted by molar-refractivity contribution is 0.102. The Labute approximate surface area is 135 Å². The van der Waals surface area contributed by atoms with Gasteiger partial charge in [0.25, 0.3) is 5.91 Å². The van der Waals surface area contributed by atoms with Gasteiger partial charge >= 0.3 is 0 Å². The van der Waals surface area contributed by atoms with Crippen LogP contribution in [-0.2, 0) is 0 Å². The Morgan fingerprint density at radius 3 is 2.35 bits per heavy atom. The molecule has 2 aromatic rings. The molecule has 1 aromatic heterocycles. The van der Waals surface area contributed by atoms with Crippen molar-refractivity contribution in [3.8, 4) is 11.5 Å². The monoisotopic (exact) mass is 315 g/mol. The van der Waals surface area contributed by atoms with E-state index in [-0.39, 0.29) is 5.91 Å². The van der Waals surface area contributed by atoms with E-state index in [1.165, 1.54) is 14.2 Å². The Hall–Kier alpha value is -2.76. The number of anilines is 2. The Kier molecular flexibility index (Phi) is 5.80. The predicted molar refractivity (Wildman–Crippen MR) is 90.5 cm³/mol. The molecule has 1 heterocycles. The van der Waals surface area contributed by atoms with Crippen molar-refractivity contribution >= 4 is 17.4 Å². The number of hydrogen-bond acceptors (Lipinski definition) is 5. The van der Waals surface area contributed by atoms with E-state index in [1.54, 1.807) is 30.5 Å². The fourth-order valence-corrected chi connectivity index (χ4v) is 2.10. The summed E-state index contributed by atoms with van der Waals surface area (Å²) in [6.45, 7) is 2.97. The first kappa shape index (κ1) is 16.6. The van der Waals surface area contributed by atoms with Crippen molar-refractivity contribution < 1.29 is 14.3 Å². The van der Waals surface area contributed by atoms with E-state index in [9.17, 15) is 4.79 Å². The van der Waals surface area contributed by atoms with Crippen LogP contribution in [0.3, 0.4) is 0 Å². The highest BCUT2D eigenvalue weighted by molar-refractivity contribution is 6.07. The predicted octanol–water partition coefficient (Wildman–Crippen LogP) is 3.17. The molecule has 0 fully saturated rings. The largest absolute Gasteiger partial charge is 0.496 e. The van der Waals surface area contributed by atoms with Gasteiger partial charge in [-0.25, -0.2) is 4.98 Å². The van der Waals surface area contributed by atoms with Gasteiger partial charge in [0.1, 0.15) is 22.9 Å². The van der Waals surface area contributed by atoms with Gasteiger partial charge in [0.15, 0.2) is 0 Å². The smallest absolute Gasteiger partial charge is 0.264 e. The van der Waals surface area contributed by atoms with Crippen molar-refractivity contribution in [2.45, 2.75) is 13.3 Å². The van der Waals surface area contributed by atoms with E-state index in [2.05, 4.69) is 22.5 Å². The molecule has 6 heteroatoms. The zero-order valence-electron chi connectivity index (χ0n) is 13.6. The van der Waals surface area contributed by atoms with E-state index in [1.807, 2.05) is 6.07 Å². The van der Waals surface area contributed by atoms with E-state index < -0.39 is 0 Å². The minimum Gasteiger partial charge on any atom is -0.496 e. The number of ether oxygens (including phenoxy) is 2. The van der Waals surface area contributed by atoms with Crippen molar-refractivity contribution in [1.29, 1.82) is 0 Å². The summed E-state index contributed by atoms with van der Waals surface area (Å²) in [4.78, 5) is 16.7. The molecule has 0 spiro atoms. The number of aromatic nitrogens is 1. The van der Waals surface area contributed by atoms with Gasteiger partial charge in [0, 0.05) is 6.54 Å². The molecule has 122 valence electrons. The van der Waals surface area contributed by atoms with Crippen LogP contribution in [-0.4, -0.2) is 31.7 Å². The quantitative estimate of drug-likeness (QED) is 0.821. The van der Waals surface area contributed by atoms with E-state index in [4.69, 9.17) is 9.47 Å². The number of rotatable bonds is 7. The van der Waals surface area contributed by atoms with Crippen LogP contribution in [0.25, 0.3) is 0 Å². The summed E-state index contributed by atoms with van der Waals surface area (Å²) in [7, 11) is 3.02. The van der Waals surface area contributed by atoms with Gasteiger partial charge in [-0.05, 0) is 30.7 Å². The average Bonchev–Trinajstić information content (AvgIpc) is 2.60. The molecule has 1 aromatic carbocycles. The molecule has 0 unspecified atom stereocenters. The van der Waals surface area contributed by atoms with Crippen molar-refractivity contribution in [3.63, 3.8) is 0 Å². The third-order valence-corrected chi connectivity index (χ3v) is 3.24. The Morgan fingerprint density at radius 2 is 1.83 bits per heavy atom. The molecule has 0 radical (unpaired) electrons. The lowest BCUT2D eigenvalue weighted by Crippen LogP contribution is -2.15. The summed E-state index contributed by atoms with van der Waals surface area (Å²) in [6.07, 6.45) is 2.72. The standard InChI is InChI=1S/C17H21N3O3/c1-4-10-18-12-8-9-15(19-11-12)20-17(21)16-13(22-2)6-5-7-14(16)23-3/h5-9,11,18H,4,10H2,1-3H3,(H,19,20,21). The van der Waals surface area contributed by atoms with Crippen LogP contribution in [0, 0.1) is 0 Å². The van der Waals surface area contributed by atoms with Gasteiger partial charge in [-0.15, -0.1) is 0 Å². The van der Waals surface area contributed by atoms with E-state index in [0.717, 1.165) is 18.7 Å². The van der Waals surface area contributed by atoms with Gasteiger partial charge in [-0.1, -0.05) is 13.0 Å². The molecule has 23 heavy (non-hydrogen) atoms. The van der Waals surface area contributed by atoms with Crippen molar-refractivity contribution in [3.05, 3.63) is 42.1 Å². The summed E-state index contributed by atoms with van der Waals surface area (Å²) in [5.74, 6) is 1.03. The zero-order chi connectivity index (χ0) is 16.7. The molecule has 2 rings (SSSR count). The molecule has 0 aliphatic carbocycles. The van der Waals surface area contributed by atoms with Gasteiger partial charge in [-0.2, -0.15) is 0 Å². The van der Waals surface area contributed by atoms with Crippen LogP contribution in [0.15, 0.2) is 36.5 Å². The van der Waals surface area contributed by atoms with Crippen molar-refractivity contribution in [1.82, 2.24) is 4.98 Å². The highest BCUT2D eigenvalue weighted by atomic mass is 16.5. The number of nitrogens with one attached hydrogen (secondary N) is 2.